The number of nitrogens with one attached hydrogen (secondary N) is 1. The van der Waals surface area contributed by atoms with Crippen molar-refractivity contribution < 1.29 is 24.2 Å². The topological polar surface area (TPSA) is 92.7 Å². The second kappa shape index (κ2) is 10.8. The summed E-state index contributed by atoms with van der Waals surface area (Å²) in [4.78, 5) is 34.2. The maximum Gasteiger partial charge on any atom is 0.343 e. The zero-order chi connectivity index (χ0) is 22.1. The number of carbonyl (C=O) groups is 3. The smallest absolute Gasteiger partial charge is 0.343 e. The van der Waals surface area contributed by atoms with E-state index in [2.05, 4.69) is 5.32 Å². The van der Waals surface area contributed by atoms with Gasteiger partial charge in [0.25, 0.3) is 5.24 Å². The Morgan fingerprint density at radius 1 is 0.871 bits per heavy atom. The van der Waals surface area contributed by atoms with Crippen molar-refractivity contribution in [3.63, 3.8) is 0 Å². The molecule has 0 radical (unpaired) electrons. The van der Waals surface area contributed by atoms with E-state index in [1.54, 1.807) is 66.7 Å². The Balaban J connectivity index is 0.000000254. The Morgan fingerprint density at radius 2 is 1.45 bits per heavy atom. The van der Waals surface area contributed by atoms with Gasteiger partial charge in [-0.05, 0) is 59.8 Å². The molecule has 1 amide bonds. The van der Waals surface area contributed by atoms with E-state index < -0.39 is 5.97 Å². The molecule has 0 saturated carbocycles. The highest BCUT2D eigenvalue weighted by Gasteiger charge is 2.15. The van der Waals surface area contributed by atoms with Crippen LogP contribution in [0.5, 0.6) is 5.75 Å². The highest BCUT2D eigenvalue weighted by Crippen LogP contribution is 2.25. The normalized spacial score (nSPS) is 13.7. The van der Waals surface area contributed by atoms with Gasteiger partial charge in [-0.15, -0.1) is 0 Å². The lowest BCUT2D eigenvalue weighted by Crippen LogP contribution is -2.09. The summed E-state index contributed by atoms with van der Waals surface area (Å²) < 4.78 is 5.31. The van der Waals surface area contributed by atoms with Crippen LogP contribution in [-0.4, -0.2) is 28.8 Å². The zero-order valence-electron chi connectivity index (χ0n) is 16.4. The van der Waals surface area contributed by atoms with Gasteiger partial charge in [0, 0.05) is 4.91 Å². The molecule has 0 aromatic heterocycles. The van der Waals surface area contributed by atoms with E-state index in [1.807, 2.05) is 24.3 Å². The number of benzene rings is 3. The van der Waals surface area contributed by atoms with Gasteiger partial charge in [-0.2, -0.15) is 0 Å². The molecule has 1 fully saturated rings. The molecule has 4 rings (SSSR count). The van der Waals surface area contributed by atoms with Crippen molar-refractivity contribution >= 4 is 35.0 Å². The summed E-state index contributed by atoms with van der Waals surface area (Å²) in [5.74, 6) is -0.771. The molecule has 0 atom stereocenters. The first-order chi connectivity index (χ1) is 15.0. The SMILES string of the molecule is O=C(O)c1ccccc1.O=C1NC/C(=C/c2ccc(OC(=O)c3ccccc3)cc2)S1. The van der Waals surface area contributed by atoms with Crippen LogP contribution in [0.25, 0.3) is 6.08 Å². The van der Waals surface area contributed by atoms with Crippen LogP contribution in [0.3, 0.4) is 0 Å². The molecular formula is C24H19NO5S. The van der Waals surface area contributed by atoms with Gasteiger partial charge in [0.15, 0.2) is 0 Å². The van der Waals surface area contributed by atoms with Crippen LogP contribution in [0.1, 0.15) is 26.3 Å². The van der Waals surface area contributed by atoms with E-state index in [1.165, 1.54) is 11.8 Å². The summed E-state index contributed by atoms with van der Waals surface area (Å²) in [7, 11) is 0. The predicted octanol–water partition coefficient (Wildman–Crippen LogP) is 5.09. The quantitative estimate of drug-likeness (QED) is 0.440. The van der Waals surface area contributed by atoms with Gasteiger partial charge < -0.3 is 15.2 Å². The van der Waals surface area contributed by atoms with Gasteiger partial charge in [-0.3, -0.25) is 4.79 Å². The fraction of sp³-hybridized carbons (Fsp3) is 0.0417. The van der Waals surface area contributed by atoms with E-state index in [0.29, 0.717) is 23.4 Å². The number of ether oxygens (including phenoxy) is 1. The average Bonchev–Trinajstić information content (AvgIpc) is 3.21. The summed E-state index contributed by atoms with van der Waals surface area (Å²) in [5.41, 5.74) is 1.80. The van der Waals surface area contributed by atoms with Crippen molar-refractivity contribution in [2.75, 3.05) is 6.54 Å². The molecule has 156 valence electrons. The molecule has 0 aliphatic carbocycles. The number of rotatable bonds is 4. The Bertz CT molecular complexity index is 1080. The number of carboxylic acid groups (broad SMARTS) is 1. The van der Waals surface area contributed by atoms with Crippen molar-refractivity contribution in [3.05, 3.63) is 107 Å². The van der Waals surface area contributed by atoms with E-state index >= 15 is 0 Å². The van der Waals surface area contributed by atoms with Crippen LogP contribution < -0.4 is 10.1 Å². The van der Waals surface area contributed by atoms with Crippen LogP contribution in [0, 0.1) is 0 Å². The average molecular weight is 433 g/mol. The molecule has 1 aliphatic heterocycles. The second-order valence-corrected chi connectivity index (χ2v) is 7.45. The largest absolute Gasteiger partial charge is 0.478 e. The highest BCUT2D eigenvalue weighted by molar-refractivity contribution is 8.17. The minimum atomic E-state index is -0.879. The fourth-order valence-electron chi connectivity index (χ4n) is 2.57. The molecule has 3 aromatic rings. The maximum atomic E-state index is 11.9. The van der Waals surface area contributed by atoms with E-state index in [4.69, 9.17) is 9.84 Å². The number of hydrogen-bond acceptors (Lipinski definition) is 5. The lowest BCUT2D eigenvalue weighted by Gasteiger charge is -2.04. The molecule has 0 unspecified atom stereocenters. The predicted molar refractivity (Wildman–Crippen MR) is 120 cm³/mol. The Kier molecular flexibility index (Phi) is 7.61. The van der Waals surface area contributed by atoms with Gasteiger partial charge in [0.1, 0.15) is 5.75 Å². The maximum absolute atomic E-state index is 11.9. The van der Waals surface area contributed by atoms with E-state index in [9.17, 15) is 14.4 Å². The lowest BCUT2D eigenvalue weighted by atomic mass is 10.2. The molecule has 1 aliphatic rings. The van der Waals surface area contributed by atoms with Crippen LogP contribution >= 0.6 is 11.8 Å². The van der Waals surface area contributed by atoms with Crippen molar-refractivity contribution in [2.45, 2.75) is 0 Å². The van der Waals surface area contributed by atoms with Gasteiger partial charge in [0.2, 0.25) is 0 Å². The standard InChI is InChI=1S/C17H13NO3S.C7H6O2/c19-16(13-4-2-1-3-5-13)21-14-8-6-12(7-9-14)10-15-11-18-17(20)22-15;8-7(9)6-4-2-1-3-5-6/h1-10H,11H2,(H,18,20);1-5H,(H,8,9)/b15-10-;. The molecule has 0 spiro atoms. The third-order valence-electron chi connectivity index (χ3n) is 4.08. The first-order valence-corrected chi connectivity index (χ1v) is 10.1. The molecule has 2 N–H and O–H groups in total. The minimum absolute atomic E-state index is 0.0281. The molecule has 7 heteroatoms. The number of carbonyl (C=O) groups excluding carboxylic acids is 2. The monoisotopic (exact) mass is 433 g/mol. The highest BCUT2D eigenvalue weighted by atomic mass is 32.2. The zero-order valence-corrected chi connectivity index (χ0v) is 17.2. The van der Waals surface area contributed by atoms with Crippen LogP contribution in [-0.2, 0) is 0 Å². The summed E-state index contributed by atoms with van der Waals surface area (Å²) in [6.07, 6.45) is 1.94. The van der Waals surface area contributed by atoms with E-state index in [-0.39, 0.29) is 11.2 Å². The van der Waals surface area contributed by atoms with Crippen molar-refractivity contribution in [3.8, 4) is 5.75 Å². The first kappa shape index (κ1) is 21.9. The lowest BCUT2D eigenvalue weighted by molar-refractivity contribution is 0.0694. The van der Waals surface area contributed by atoms with Crippen LogP contribution in [0.4, 0.5) is 4.79 Å². The Morgan fingerprint density at radius 3 is 1.94 bits per heavy atom. The number of carboxylic acids is 1. The molecule has 31 heavy (non-hydrogen) atoms. The van der Waals surface area contributed by atoms with Crippen LogP contribution in [0.15, 0.2) is 89.8 Å². The fourth-order valence-corrected chi connectivity index (χ4v) is 3.29. The Labute approximate surface area is 183 Å². The summed E-state index contributed by atoms with van der Waals surface area (Å²) in [5, 5.41) is 11.1. The number of aromatic carboxylic acids is 1. The number of esters is 1. The molecule has 0 bridgehead atoms. The number of thioether (sulfide) groups is 1. The van der Waals surface area contributed by atoms with Crippen molar-refractivity contribution in [2.24, 2.45) is 0 Å². The van der Waals surface area contributed by atoms with Crippen molar-refractivity contribution in [1.29, 1.82) is 0 Å². The van der Waals surface area contributed by atoms with Gasteiger partial charge in [-0.25, -0.2) is 9.59 Å². The first-order valence-electron chi connectivity index (χ1n) is 9.33. The third kappa shape index (κ3) is 6.87. The van der Waals surface area contributed by atoms with Gasteiger partial charge >= 0.3 is 11.9 Å². The van der Waals surface area contributed by atoms with Gasteiger partial charge in [-0.1, -0.05) is 48.5 Å². The molecular weight excluding hydrogens is 414 g/mol. The third-order valence-corrected chi connectivity index (χ3v) is 4.93. The minimum Gasteiger partial charge on any atom is -0.478 e. The molecule has 1 heterocycles. The molecule has 1 saturated heterocycles. The molecule has 3 aromatic carbocycles. The molecule has 6 nitrogen and oxygen atoms in total. The summed E-state index contributed by atoms with van der Waals surface area (Å²) >= 11 is 1.20. The second-order valence-electron chi connectivity index (χ2n) is 6.35. The van der Waals surface area contributed by atoms with E-state index in [0.717, 1.165) is 10.5 Å². The summed E-state index contributed by atoms with van der Waals surface area (Å²) in [6.45, 7) is 0.564. The Hall–Kier alpha value is -3.84. The number of hydrogen-bond donors (Lipinski definition) is 2. The van der Waals surface area contributed by atoms with Crippen LogP contribution in [0.2, 0.25) is 0 Å². The van der Waals surface area contributed by atoms with Gasteiger partial charge in [0.05, 0.1) is 17.7 Å². The van der Waals surface area contributed by atoms with Crippen molar-refractivity contribution in [1.82, 2.24) is 5.32 Å². The number of amides is 1. The summed E-state index contributed by atoms with van der Waals surface area (Å²) in [6, 6.07) is 24.3.